The first-order valence-corrected chi connectivity index (χ1v) is 20.2. The molecule has 0 saturated heterocycles. The van der Waals surface area contributed by atoms with Gasteiger partial charge in [-0.1, -0.05) is 36.4 Å². The predicted molar refractivity (Wildman–Crippen MR) is 240 cm³/mol. The maximum Gasteiger partial charge on any atom is 0.348 e. The largest absolute Gasteiger partial charge is 0.497 e. The van der Waals surface area contributed by atoms with Crippen LogP contribution in [0.2, 0.25) is 31.7 Å². The van der Waals surface area contributed by atoms with Crippen LogP contribution in [0.5, 0.6) is 29.3 Å². The van der Waals surface area contributed by atoms with Crippen molar-refractivity contribution < 1.29 is 28.8 Å². The van der Waals surface area contributed by atoms with Crippen molar-refractivity contribution >= 4 is 69.6 Å². The van der Waals surface area contributed by atoms with Crippen molar-refractivity contribution in [3.05, 3.63) is 149 Å². The van der Waals surface area contributed by atoms with Crippen molar-refractivity contribution in [2.24, 2.45) is 0 Å². The summed E-state index contributed by atoms with van der Waals surface area (Å²) >= 11 is 32.9. The lowest BCUT2D eigenvalue weighted by Crippen LogP contribution is -2.14. The molecule has 25 heteroatoms. The van der Waals surface area contributed by atoms with Gasteiger partial charge in [-0.3, -0.25) is 4.98 Å². The van der Waals surface area contributed by atoms with Crippen molar-refractivity contribution in [2.75, 3.05) is 21.3 Å². The van der Waals surface area contributed by atoms with E-state index in [9.17, 15) is 4.79 Å². The second-order valence-corrected chi connectivity index (χ2v) is 13.8. The molecule has 19 nitrogen and oxygen atoms in total. The van der Waals surface area contributed by atoms with E-state index in [1.165, 1.54) is 0 Å². The fraction of sp³-hybridized carbons (Fsp3) is 0.231. The summed E-state index contributed by atoms with van der Waals surface area (Å²) in [6, 6.07) is 22.6. The molecule has 0 aliphatic rings. The molecule has 4 heterocycles. The molecule has 7 rings (SSSR count). The smallest absolute Gasteiger partial charge is 0.348 e. The Morgan fingerprint density at radius 2 is 0.781 bits per heavy atom. The van der Waals surface area contributed by atoms with Gasteiger partial charge in [0.15, 0.2) is 0 Å². The molecule has 2 N–H and O–H groups in total. The number of aliphatic hydroxyl groups excluding tert-OH is 1. The number of benzene rings is 3. The maximum atomic E-state index is 10.5. The summed E-state index contributed by atoms with van der Waals surface area (Å²) in [6.45, 7) is 5.89. The Labute approximate surface area is 396 Å². The van der Waals surface area contributed by atoms with Gasteiger partial charge in [-0.2, -0.15) is 44.9 Å². The third-order valence-corrected chi connectivity index (χ3v) is 8.10. The first-order chi connectivity index (χ1) is 30.6. The lowest BCUT2D eigenvalue weighted by Gasteiger charge is -2.06. The van der Waals surface area contributed by atoms with Crippen LogP contribution in [-0.2, 0) is 19.8 Å². The Bertz CT molecular complexity index is 2310. The average Bonchev–Trinajstić information content (AvgIpc) is 3.24. The van der Waals surface area contributed by atoms with Crippen LogP contribution in [0.1, 0.15) is 34.2 Å². The van der Waals surface area contributed by atoms with Crippen molar-refractivity contribution in [3.8, 4) is 29.3 Å². The number of aromatic amines is 1. The number of nitrogens with zero attached hydrogens (tertiary/aromatic N) is 11. The number of aromatic nitrogens is 12. The summed E-state index contributed by atoms with van der Waals surface area (Å²) < 4.78 is 25.9. The minimum atomic E-state index is -0.333. The number of nitrogens with one attached hydrogen (secondary N) is 1. The van der Waals surface area contributed by atoms with Crippen molar-refractivity contribution in [1.29, 1.82) is 0 Å². The summed E-state index contributed by atoms with van der Waals surface area (Å²) in [5.41, 5.74) is 2.51. The molecule has 0 atom stereocenters. The monoisotopic (exact) mass is 996 g/mol. The lowest BCUT2D eigenvalue weighted by molar-refractivity contribution is 0.278. The first kappa shape index (κ1) is 52.5. The molecule has 4 aromatic heterocycles. The van der Waals surface area contributed by atoms with Crippen LogP contribution in [0, 0.1) is 20.8 Å². The van der Waals surface area contributed by atoms with Gasteiger partial charge in [-0.25, -0.2) is 14.8 Å². The summed E-state index contributed by atoms with van der Waals surface area (Å²) in [4.78, 5) is 53.7. The van der Waals surface area contributed by atoms with E-state index in [0.717, 1.165) is 33.9 Å². The normalized spacial score (nSPS) is 9.89. The second-order valence-electron chi connectivity index (χ2n) is 11.8. The third kappa shape index (κ3) is 21.0. The lowest BCUT2D eigenvalue weighted by atomic mass is 10.2. The standard InChI is InChI=1S/C12H12ClN3O2.C11H9Cl2N3O2.C8H10O2.C5H7N3O.C3Cl3N3/c1-8-14-11(13)16-12(15-8)18-7-9-3-5-10(17-2)6-4-9;1-17-8-4-2-7(3-5-8)6-18-11-15-9(12)14-10(13)16-11;1-10-8-4-2-7(6-9)3-5-8;1-3-6-4(2)8-5(9)7-3;4-1-7-2(5)9-3(6)8-1/h3-6H,7H2,1-2H3;2-5H,6H2,1H3;2-5,9H,6H2,1H3;1-2H3,(H,6,7,8,9);. The van der Waals surface area contributed by atoms with Crippen LogP contribution in [0.25, 0.3) is 0 Å². The number of aryl methyl sites for hydroxylation is 3. The number of H-pyrrole nitrogens is 1. The van der Waals surface area contributed by atoms with E-state index in [0.29, 0.717) is 30.7 Å². The summed E-state index contributed by atoms with van der Waals surface area (Å²) in [6.07, 6.45) is 0. The van der Waals surface area contributed by atoms with Gasteiger partial charge in [0.1, 0.15) is 47.9 Å². The third-order valence-electron chi connectivity index (χ3n) is 7.09. The predicted octanol–water partition coefficient (Wildman–Crippen LogP) is 7.99. The molecule has 0 fully saturated rings. The molecule has 0 aliphatic carbocycles. The summed E-state index contributed by atoms with van der Waals surface area (Å²) in [5.74, 6) is 4.04. The van der Waals surface area contributed by atoms with E-state index < -0.39 is 0 Å². The average molecular weight is 1000 g/mol. The van der Waals surface area contributed by atoms with Crippen LogP contribution in [-0.4, -0.2) is 86.2 Å². The Kier molecular flexibility index (Phi) is 23.1. The van der Waals surface area contributed by atoms with Gasteiger partial charge in [-0.15, -0.1) is 0 Å². The van der Waals surface area contributed by atoms with Gasteiger partial charge < -0.3 is 28.8 Å². The van der Waals surface area contributed by atoms with Crippen LogP contribution in [0.3, 0.4) is 0 Å². The van der Waals surface area contributed by atoms with Crippen LogP contribution in [0.15, 0.2) is 77.6 Å². The molecule has 0 aliphatic heterocycles. The van der Waals surface area contributed by atoms with Gasteiger partial charge in [0.2, 0.25) is 31.7 Å². The molecule has 0 amide bonds. The number of rotatable bonds is 10. The number of ether oxygens (including phenoxy) is 5. The molecule has 3 aromatic carbocycles. The molecule has 0 spiro atoms. The van der Waals surface area contributed by atoms with Gasteiger partial charge in [0, 0.05) is 0 Å². The summed E-state index contributed by atoms with van der Waals surface area (Å²) in [7, 11) is 4.86. The van der Waals surface area contributed by atoms with Crippen LogP contribution >= 0.6 is 69.6 Å². The molecular weight excluding hydrogens is 961 g/mol. The molecular formula is C39H38Cl6N12O7. The van der Waals surface area contributed by atoms with E-state index in [2.05, 4.69) is 59.8 Å². The van der Waals surface area contributed by atoms with Crippen LogP contribution in [0.4, 0.5) is 0 Å². The van der Waals surface area contributed by atoms with Gasteiger partial charge in [-0.05, 0) is 143 Å². The highest BCUT2D eigenvalue weighted by Gasteiger charge is 2.06. The molecule has 338 valence electrons. The van der Waals surface area contributed by atoms with Gasteiger partial charge in [0.05, 0.1) is 27.9 Å². The van der Waals surface area contributed by atoms with E-state index in [1.54, 1.807) is 42.1 Å². The molecule has 7 aromatic rings. The highest BCUT2D eigenvalue weighted by molar-refractivity contribution is 6.33. The van der Waals surface area contributed by atoms with E-state index in [4.69, 9.17) is 98.4 Å². The Hall–Kier alpha value is -5.80. The zero-order valence-electron chi connectivity index (χ0n) is 34.6. The second kappa shape index (κ2) is 28.1. The van der Waals surface area contributed by atoms with E-state index in [1.807, 2.05) is 72.8 Å². The van der Waals surface area contributed by atoms with E-state index in [-0.39, 0.29) is 56.0 Å². The zero-order chi connectivity index (χ0) is 47.0. The quantitative estimate of drug-likeness (QED) is 0.132. The van der Waals surface area contributed by atoms with Crippen molar-refractivity contribution in [3.63, 3.8) is 0 Å². The Morgan fingerprint density at radius 3 is 1.11 bits per heavy atom. The van der Waals surface area contributed by atoms with Crippen LogP contribution < -0.4 is 29.4 Å². The fourth-order valence-electron chi connectivity index (χ4n) is 4.26. The Morgan fingerprint density at radius 1 is 0.453 bits per heavy atom. The number of methoxy groups -OCH3 is 3. The summed E-state index contributed by atoms with van der Waals surface area (Å²) in [5, 5.41) is 8.79. The SMILES string of the molecule is COc1ccc(CO)cc1.COc1ccc(COc2nc(C)nc(Cl)n2)cc1.COc1ccc(COc2nc(Cl)nc(Cl)n2)cc1.Cc1nc(C)[nH]c(=O)n1.Clc1nc(Cl)nc(Cl)n1. The highest BCUT2D eigenvalue weighted by atomic mass is 35.5. The molecule has 64 heavy (non-hydrogen) atoms. The maximum absolute atomic E-state index is 10.5. The highest BCUT2D eigenvalue weighted by Crippen LogP contribution is 2.17. The number of hydrogen-bond donors (Lipinski definition) is 2. The van der Waals surface area contributed by atoms with Crippen molar-refractivity contribution in [1.82, 2.24) is 59.8 Å². The zero-order valence-corrected chi connectivity index (χ0v) is 39.2. The minimum absolute atomic E-state index is 0.000000000000000444. The number of hydrogen-bond acceptors (Lipinski definition) is 18. The fourth-order valence-corrected chi connectivity index (χ4v) is 5.42. The molecule has 0 radical (unpaired) electrons. The molecule has 0 saturated carbocycles. The van der Waals surface area contributed by atoms with Crippen molar-refractivity contribution in [2.45, 2.75) is 40.6 Å². The van der Waals surface area contributed by atoms with E-state index >= 15 is 0 Å². The number of halogens is 6. The number of aliphatic hydroxyl groups is 1. The van der Waals surface area contributed by atoms with Gasteiger partial charge in [0.25, 0.3) is 0 Å². The minimum Gasteiger partial charge on any atom is -0.497 e. The van der Waals surface area contributed by atoms with Gasteiger partial charge >= 0.3 is 17.7 Å². The Balaban J connectivity index is 0.000000221. The molecule has 0 unspecified atom stereocenters. The molecule has 0 bridgehead atoms. The topological polar surface area (TPSA) is 241 Å². The first-order valence-electron chi connectivity index (χ1n) is 17.9.